The van der Waals surface area contributed by atoms with Crippen molar-refractivity contribution < 1.29 is 9.47 Å². The van der Waals surface area contributed by atoms with E-state index in [0.29, 0.717) is 12.0 Å². The molecule has 2 rings (SSSR count). The monoisotopic (exact) mass is 263 g/mol. The predicted octanol–water partition coefficient (Wildman–Crippen LogP) is 3.47. The lowest BCUT2D eigenvalue weighted by atomic mass is 9.93. The van der Waals surface area contributed by atoms with Crippen molar-refractivity contribution in [2.45, 2.75) is 51.6 Å². The summed E-state index contributed by atoms with van der Waals surface area (Å²) in [5.74, 6) is 2.34. The van der Waals surface area contributed by atoms with Gasteiger partial charge in [-0.1, -0.05) is 20.3 Å². The van der Waals surface area contributed by atoms with Crippen molar-refractivity contribution in [1.29, 1.82) is 0 Å². The molecule has 0 radical (unpaired) electrons. The summed E-state index contributed by atoms with van der Waals surface area (Å²) in [5, 5.41) is 3.57. The van der Waals surface area contributed by atoms with Gasteiger partial charge in [-0.15, -0.1) is 0 Å². The van der Waals surface area contributed by atoms with Crippen LogP contribution in [0.4, 0.5) is 0 Å². The molecule has 0 bridgehead atoms. The van der Waals surface area contributed by atoms with Crippen LogP contribution in [0.25, 0.3) is 0 Å². The van der Waals surface area contributed by atoms with Crippen molar-refractivity contribution in [3.63, 3.8) is 0 Å². The zero-order valence-corrected chi connectivity index (χ0v) is 12.5. The third kappa shape index (κ3) is 3.21. The second-order valence-electron chi connectivity index (χ2n) is 5.57. The van der Waals surface area contributed by atoms with Crippen LogP contribution in [0.15, 0.2) is 12.1 Å². The Balaban J connectivity index is 2.19. The van der Waals surface area contributed by atoms with Crippen molar-refractivity contribution in [1.82, 2.24) is 5.32 Å². The second kappa shape index (κ2) is 6.29. The summed E-state index contributed by atoms with van der Waals surface area (Å²) < 4.78 is 11.0. The first-order chi connectivity index (χ1) is 9.15. The molecular formula is C16H25NO2. The molecule has 1 fully saturated rings. The van der Waals surface area contributed by atoms with E-state index in [1.807, 2.05) is 0 Å². The fourth-order valence-corrected chi connectivity index (χ4v) is 2.44. The number of nitrogens with one attached hydrogen (secondary N) is 1. The molecule has 0 saturated heterocycles. The van der Waals surface area contributed by atoms with Gasteiger partial charge in [-0.2, -0.15) is 0 Å². The molecule has 0 unspecified atom stereocenters. The molecule has 1 N–H and O–H groups in total. The van der Waals surface area contributed by atoms with Crippen LogP contribution in [-0.4, -0.2) is 20.3 Å². The molecule has 1 saturated carbocycles. The lowest BCUT2D eigenvalue weighted by molar-refractivity contribution is 0.333. The lowest BCUT2D eigenvalue weighted by Crippen LogP contribution is -2.34. The smallest absolute Gasteiger partial charge is 0.123 e. The molecule has 0 aliphatic heterocycles. The minimum atomic E-state index is 0.428. The fraction of sp³-hybridized carbons (Fsp3) is 0.625. The summed E-state index contributed by atoms with van der Waals surface area (Å²) >= 11 is 0. The minimum Gasteiger partial charge on any atom is -0.496 e. The highest BCUT2D eigenvalue weighted by Crippen LogP contribution is 2.33. The van der Waals surface area contributed by atoms with E-state index in [1.54, 1.807) is 14.2 Å². The quantitative estimate of drug-likeness (QED) is 0.852. The Morgan fingerprint density at radius 1 is 1.16 bits per heavy atom. The second-order valence-corrected chi connectivity index (χ2v) is 5.57. The third-order valence-electron chi connectivity index (χ3n) is 3.94. The Morgan fingerprint density at radius 3 is 2.32 bits per heavy atom. The van der Waals surface area contributed by atoms with E-state index < -0.39 is 0 Å². The summed E-state index contributed by atoms with van der Waals surface area (Å²) in [6.45, 7) is 5.19. The molecular weight excluding hydrogens is 238 g/mol. The average Bonchev–Trinajstić information content (AvgIpc) is 2.35. The average molecular weight is 263 g/mol. The zero-order chi connectivity index (χ0) is 13.8. The van der Waals surface area contributed by atoms with Gasteiger partial charge in [0.25, 0.3) is 0 Å². The summed E-state index contributed by atoms with van der Waals surface area (Å²) in [6, 6.07) is 4.90. The van der Waals surface area contributed by atoms with Crippen LogP contribution in [0.1, 0.15) is 50.2 Å². The molecule has 1 aromatic carbocycles. The van der Waals surface area contributed by atoms with Gasteiger partial charge in [0.1, 0.15) is 11.5 Å². The molecule has 0 heterocycles. The molecule has 0 atom stereocenters. The fourth-order valence-electron chi connectivity index (χ4n) is 2.44. The molecule has 1 aliphatic carbocycles. The Labute approximate surface area is 116 Å². The summed E-state index contributed by atoms with van der Waals surface area (Å²) in [4.78, 5) is 0. The summed E-state index contributed by atoms with van der Waals surface area (Å²) in [6.07, 6.45) is 3.94. The Morgan fingerprint density at radius 2 is 1.84 bits per heavy atom. The van der Waals surface area contributed by atoms with E-state index in [1.165, 1.54) is 30.4 Å². The first kappa shape index (κ1) is 14.2. The molecule has 106 valence electrons. The maximum Gasteiger partial charge on any atom is 0.123 e. The van der Waals surface area contributed by atoms with Crippen LogP contribution < -0.4 is 14.8 Å². The van der Waals surface area contributed by atoms with Crippen LogP contribution in [0.3, 0.4) is 0 Å². The van der Waals surface area contributed by atoms with Crippen LogP contribution in [-0.2, 0) is 6.54 Å². The maximum absolute atomic E-state index is 5.52. The number of methoxy groups -OCH3 is 2. The van der Waals surface area contributed by atoms with Crippen LogP contribution >= 0.6 is 0 Å². The highest BCUT2D eigenvalue weighted by molar-refractivity contribution is 5.47. The topological polar surface area (TPSA) is 30.5 Å². The number of hydrogen-bond donors (Lipinski definition) is 1. The van der Waals surface area contributed by atoms with E-state index in [4.69, 9.17) is 9.47 Å². The summed E-state index contributed by atoms with van der Waals surface area (Å²) in [5.41, 5.74) is 2.38. The van der Waals surface area contributed by atoms with E-state index in [-0.39, 0.29) is 0 Å². The number of ether oxygens (including phenoxy) is 2. The van der Waals surface area contributed by atoms with E-state index in [2.05, 4.69) is 31.3 Å². The largest absolute Gasteiger partial charge is 0.496 e. The predicted molar refractivity (Wildman–Crippen MR) is 78.1 cm³/mol. The van der Waals surface area contributed by atoms with Crippen molar-refractivity contribution >= 4 is 0 Å². The van der Waals surface area contributed by atoms with Gasteiger partial charge in [0, 0.05) is 23.7 Å². The Hall–Kier alpha value is -1.22. The van der Waals surface area contributed by atoms with Gasteiger partial charge in [0.15, 0.2) is 0 Å². The molecule has 3 heteroatoms. The highest BCUT2D eigenvalue weighted by Gasteiger charge is 2.18. The normalized spacial score (nSPS) is 15.4. The standard InChI is InChI=1S/C16H25NO2/c1-11(2)14-9-15(18-3)12(8-16(14)19-4)10-17-13-6-5-7-13/h8-9,11,13,17H,5-7,10H2,1-4H3. The van der Waals surface area contributed by atoms with Gasteiger partial charge < -0.3 is 14.8 Å². The highest BCUT2D eigenvalue weighted by atomic mass is 16.5. The van der Waals surface area contributed by atoms with Crippen molar-refractivity contribution in [2.24, 2.45) is 0 Å². The van der Waals surface area contributed by atoms with Gasteiger partial charge in [0.05, 0.1) is 14.2 Å². The molecule has 1 aromatic rings. The van der Waals surface area contributed by atoms with Crippen LogP contribution in [0.5, 0.6) is 11.5 Å². The van der Waals surface area contributed by atoms with Gasteiger partial charge >= 0.3 is 0 Å². The molecule has 0 amide bonds. The number of hydrogen-bond acceptors (Lipinski definition) is 3. The third-order valence-corrected chi connectivity index (χ3v) is 3.94. The van der Waals surface area contributed by atoms with E-state index in [0.717, 1.165) is 18.0 Å². The van der Waals surface area contributed by atoms with Gasteiger partial charge in [-0.25, -0.2) is 0 Å². The van der Waals surface area contributed by atoms with Crippen LogP contribution in [0, 0.1) is 0 Å². The molecule has 1 aliphatic rings. The minimum absolute atomic E-state index is 0.428. The molecule has 3 nitrogen and oxygen atoms in total. The van der Waals surface area contributed by atoms with Gasteiger partial charge in [0.2, 0.25) is 0 Å². The Kier molecular flexibility index (Phi) is 4.70. The van der Waals surface area contributed by atoms with E-state index in [9.17, 15) is 0 Å². The van der Waals surface area contributed by atoms with Gasteiger partial charge in [-0.3, -0.25) is 0 Å². The Bertz CT molecular complexity index is 425. The SMILES string of the molecule is COc1cc(C(C)C)c(OC)cc1CNC1CCC1. The molecule has 19 heavy (non-hydrogen) atoms. The van der Waals surface area contributed by atoms with Crippen molar-refractivity contribution in [2.75, 3.05) is 14.2 Å². The van der Waals surface area contributed by atoms with Gasteiger partial charge in [-0.05, 0) is 30.9 Å². The number of benzene rings is 1. The van der Waals surface area contributed by atoms with Crippen molar-refractivity contribution in [3.8, 4) is 11.5 Å². The van der Waals surface area contributed by atoms with E-state index >= 15 is 0 Å². The number of rotatable bonds is 6. The zero-order valence-electron chi connectivity index (χ0n) is 12.5. The molecule has 0 aromatic heterocycles. The first-order valence-corrected chi connectivity index (χ1v) is 7.14. The first-order valence-electron chi connectivity index (χ1n) is 7.14. The van der Waals surface area contributed by atoms with Crippen molar-refractivity contribution in [3.05, 3.63) is 23.3 Å². The maximum atomic E-state index is 5.52. The lowest BCUT2D eigenvalue weighted by Gasteiger charge is -2.27. The summed E-state index contributed by atoms with van der Waals surface area (Å²) in [7, 11) is 3.47. The molecule has 0 spiro atoms. The van der Waals surface area contributed by atoms with Crippen LogP contribution in [0.2, 0.25) is 0 Å².